The van der Waals surface area contributed by atoms with Crippen LogP contribution in [-0.4, -0.2) is 56.1 Å². The highest BCUT2D eigenvalue weighted by Crippen LogP contribution is 2.17. The Morgan fingerprint density at radius 3 is 2.61 bits per heavy atom. The summed E-state index contributed by atoms with van der Waals surface area (Å²) in [6.07, 6.45) is 7.94. The lowest BCUT2D eigenvalue weighted by Crippen LogP contribution is -2.30. The molecule has 0 amide bonds. The number of nitrogens with zero attached hydrogens (tertiary/aromatic N) is 2. The van der Waals surface area contributed by atoms with Crippen LogP contribution in [0.25, 0.3) is 0 Å². The fourth-order valence-electron chi connectivity index (χ4n) is 3.00. The van der Waals surface area contributed by atoms with Crippen LogP contribution < -0.4 is 5.73 Å². The van der Waals surface area contributed by atoms with Gasteiger partial charge in [-0.05, 0) is 64.8 Å². The molecule has 0 aromatic heterocycles. The quantitative estimate of drug-likeness (QED) is 0.721. The van der Waals surface area contributed by atoms with Crippen molar-refractivity contribution in [3.63, 3.8) is 0 Å². The van der Waals surface area contributed by atoms with Gasteiger partial charge in [0.1, 0.15) is 0 Å². The molecule has 0 aromatic carbocycles. The molecule has 0 spiro atoms. The van der Waals surface area contributed by atoms with Crippen molar-refractivity contribution in [1.29, 1.82) is 0 Å². The summed E-state index contributed by atoms with van der Waals surface area (Å²) in [5, 5.41) is 0. The number of nitrogens with two attached hydrogens (primary N) is 1. The predicted octanol–water partition coefficient (Wildman–Crippen LogP) is 2.17. The maximum Gasteiger partial charge on any atom is 0.0109 e. The Hall–Kier alpha value is -0.120. The van der Waals surface area contributed by atoms with Gasteiger partial charge in [0, 0.05) is 13.1 Å². The Kier molecular flexibility index (Phi) is 8.64. The molecular formula is C15H33N3. The molecule has 108 valence electrons. The third-order valence-electron chi connectivity index (χ3n) is 4.17. The predicted molar refractivity (Wildman–Crippen MR) is 79.9 cm³/mol. The molecule has 0 aromatic rings. The zero-order valence-electron chi connectivity index (χ0n) is 12.5. The highest BCUT2D eigenvalue weighted by molar-refractivity contribution is 4.68. The second-order valence-electron chi connectivity index (χ2n) is 5.87. The second-order valence-corrected chi connectivity index (χ2v) is 5.87. The van der Waals surface area contributed by atoms with Crippen LogP contribution in [0.5, 0.6) is 0 Å². The van der Waals surface area contributed by atoms with Crippen molar-refractivity contribution >= 4 is 0 Å². The number of hydrogen-bond donors (Lipinski definition) is 1. The molecule has 1 aliphatic rings. The van der Waals surface area contributed by atoms with E-state index in [-0.39, 0.29) is 0 Å². The summed E-state index contributed by atoms with van der Waals surface area (Å²) in [6.45, 7) is 9.49. The molecule has 1 rings (SSSR count). The van der Waals surface area contributed by atoms with E-state index >= 15 is 0 Å². The van der Waals surface area contributed by atoms with E-state index < -0.39 is 0 Å². The summed E-state index contributed by atoms with van der Waals surface area (Å²) in [7, 11) is 2.24. The van der Waals surface area contributed by atoms with Crippen molar-refractivity contribution in [3.8, 4) is 0 Å². The lowest BCUT2D eigenvalue weighted by Gasteiger charge is -2.21. The van der Waals surface area contributed by atoms with Crippen molar-refractivity contribution in [2.45, 2.75) is 45.4 Å². The zero-order chi connectivity index (χ0) is 13.2. The maximum absolute atomic E-state index is 5.69. The normalized spacial score (nSPS) is 20.8. The first-order valence-corrected chi connectivity index (χ1v) is 7.87. The Morgan fingerprint density at radius 2 is 1.89 bits per heavy atom. The minimum Gasteiger partial charge on any atom is -0.330 e. The van der Waals surface area contributed by atoms with Gasteiger partial charge in [0.2, 0.25) is 0 Å². The first-order chi connectivity index (χ1) is 8.76. The van der Waals surface area contributed by atoms with Crippen molar-refractivity contribution in [1.82, 2.24) is 9.80 Å². The van der Waals surface area contributed by atoms with Gasteiger partial charge < -0.3 is 15.5 Å². The van der Waals surface area contributed by atoms with Crippen LogP contribution >= 0.6 is 0 Å². The fourth-order valence-corrected chi connectivity index (χ4v) is 3.00. The Labute approximate surface area is 114 Å². The summed E-state index contributed by atoms with van der Waals surface area (Å²) in [5.41, 5.74) is 5.69. The van der Waals surface area contributed by atoms with E-state index in [0.29, 0.717) is 0 Å². The van der Waals surface area contributed by atoms with E-state index in [1.54, 1.807) is 0 Å². The van der Waals surface area contributed by atoms with E-state index in [1.165, 1.54) is 71.2 Å². The van der Waals surface area contributed by atoms with E-state index in [2.05, 4.69) is 23.8 Å². The van der Waals surface area contributed by atoms with Gasteiger partial charge in [-0.15, -0.1) is 0 Å². The van der Waals surface area contributed by atoms with Crippen LogP contribution in [0.3, 0.4) is 0 Å². The number of rotatable bonds is 8. The minimum absolute atomic E-state index is 0.860. The Balaban J connectivity index is 2.14. The summed E-state index contributed by atoms with van der Waals surface area (Å²) in [5.74, 6) is 0.870. The molecule has 1 aliphatic heterocycles. The average Bonchev–Trinajstić information content (AvgIpc) is 2.55. The molecular weight excluding hydrogens is 222 g/mol. The van der Waals surface area contributed by atoms with Crippen LogP contribution in [0.15, 0.2) is 0 Å². The molecule has 1 atom stereocenters. The lowest BCUT2D eigenvalue weighted by molar-refractivity contribution is 0.260. The van der Waals surface area contributed by atoms with Crippen LogP contribution in [0.2, 0.25) is 0 Å². The molecule has 2 N–H and O–H groups in total. The molecule has 3 heteroatoms. The van der Waals surface area contributed by atoms with Gasteiger partial charge in [-0.1, -0.05) is 19.8 Å². The number of hydrogen-bond acceptors (Lipinski definition) is 3. The monoisotopic (exact) mass is 255 g/mol. The molecule has 1 heterocycles. The fraction of sp³-hybridized carbons (Fsp3) is 1.00. The third kappa shape index (κ3) is 6.72. The van der Waals surface area contributed by atoms with Gasteiger partial charge in [0.25, 0.3) is 0 Å². The van der Waals surface area contributed by atoms with Crippen LogP contribution in [0.4, 0.5) is 0 Å². The van der Waals surface area contributed by atoms with Crippen LogP contribution in [-0.2, 0) is 0 Å². The van der Waals surface area contributed by atoms with E-state index in [0.717, 1.165) is 12.5 Å². The second kappa shape index (κ2) is 9.76. The van der Waals surface area contributed by atoms with Crippen LogP contribution in [0, 0.1) is 5.92 Å². The zero-order valence-corrected chi connectivity index (χ0v) is 12.5. The van der Waals surface area contributed by atoms with Gasteiger partial charge in [-0.3, -0.25) is 0 Å². The topological polar surface area (TPSA) is 32.5 Å². The van der Waals surface area contributed by atoms with Crippen molar-refractivity contribution < 1.29 is 0 Å². The first-order valence-electron chi connectivity index (χ1n) is 7.87. The molecule has 0 aliphatic carbocycles. The molecule has 3 nitrogen and oxygen atoms in total. The lowest BCUT2D eigenvalue weighted by atomic mass is 9.94. The van der Waals surface area contributed by atoms with Gasteiger partial charge in [0.15, 0.2) is 0 Å². The smallest absolute Gasteiger partial charge is 0.0109 e. The SMILES string of the molecule is CCCC(CCN)CCCN1CCCN(C)CC1. The molecule has 1 unspecified atom stereocenters. The van der Waals surface area contributed by atoms with Crippen LogP contribution in [0.1, 0.15) is 45.4 Å². The third-order valence-corrected chi connectivity index (χ3v) is 4.17. The van der Waals surface area contributed by atoms with Gasteiger partial charge in [-0.2, -0.15) is 0 Å². The van der Waals surface area contributed by atoms with Gasteiger partial charge >= 0.3 is 0 Å². The molecule has 18 heavy (non-hydrogen) atoms. The minimum atomic E-state index is 0.860. The molecule has 0 radical (unpaired) electrons. The highest BCUT2D eigenvalue weighted by atomic mass is 15.2. The van der Waals surface area contributed by atoms with E-state index in [1.807, 2.05) is 0 Å². The van der Waals surface area contributed by atoms with E-state index in [9.17, 15) is 0 Å². The molecule has 0 saturated carbocycles. The highest BCUT2D eigenvalue weighted by Gasteiger charge is 2.12. The van der Waals surface area contributed by atoms with E-state index in [4.69, 9.17) is 5.73 Å². The standard InChI is InChI=1S/C15H33N3/c1-3-6-15(8-9-16)7-4-11-18-12-5-10-17(2)13-14-18/h15H,3-14,16H2,1-2H3. The summed E-state index contributed by atoms with van der Waals surface area (Å²) in [4.78, 5) is 5.10. The summed E-state index contributed by atoms with van der Waals surface area (Å²) < 4.78 is 0. The van der Waals surface area contributed by atoms with Crippen molar-refractivity contribution in [3.05, 3.63) is 0 Å². The largest absolute Gasteiger partial charge is 0.330 e. The Morgan fingerprint density at radius 1 is 1.06 bits per heavy atom. The Bertz CT molecular complexity index is 190. The summed E-state index contributed by atoms with van der Waals surface area (Å²) >= 11 is 0. The number of likely N-dealkylation sites (N-methyl/N-ethyl adjacent to an activating group) is 1. The van der Waals surface area contributed by atoms with Gasteiger partial charge in [0.05, 0.1) is 0 Å². The molecule has 0 bridgehead atoms. The summed E-state index contributed by atoms with van der Waals surface area (Å²) in [6, 6.07) is 0. The van der Waals surface area contributed by atoms with Crippen molar-refractivity contribution in [2.75, 3.05) is 46.3 Å². The van der Waals surface area contributed by atoms with Gasteiger partial charge in [-0.25, -0.2) is 0 Å². The molecule has 1 fully saturated rings. The average molecular weight is 255 g/mol. The first kappa shape index (κ1) is 15.9. The maximum atomic E-state index is 5.69. The van der Waals surface area contributed by atoms with Crippen molar-refractivity contribution in [2.24, 2.45) is 11.7 Å². The molecule has 1 saturated heterocycles.